The Morgan fingerprint density at radius 3 is 2.64 bits per heavy atom. The highest BCUT2D eigenvalue weighted by molar-refractivity contribution is 9.10. The molecule has 0 aromatic heterocycles. The zero-order valence-electron chi connectivity index (χ0n) is 6.60. The highest BCUT2D eigenvalue weighted by Gasteiger charge is 1.99. The van der Waals surface area contributed by atoms with E-state index in [-0.39, 0.29) is 0 Å². The van der Waals surface area contributed by atoms with E-state index >= 15 is 0 Å². The maximum Gasteiger partial charge on any atom is 0.274 e. The average Bonchev–Trinajstić information content (AvgIpc) is 1.85. The summed E-state index contributed by atoms with van der Waals surface area (Å²) in [5, 5.41) is 0. The summed E-state index contributed by atoms with van der Waals surface area (Å²) in [5.74, 6) is 0.957. The molecule has 0 aliphatic rings. The maximum atomic E-state index is 5.57. The first-order valence-corrected chi connectivity index (χ1v) is 6.62. The van der Waals surface area contributed by atoms with Crippen LogP contribution in [0.15, 0.2) is 28.7 Å². The summed E-state index contributed by atoms with van der Waals surface area (Å²) in [4.78, 5) is 0. The summed E-state index contributed by atoms with van der Waals surface area (Å²) in [6.45, 7) is 4.23. The molecule has 0 atom stereocenters. The highest BCUT2D eigenvalue weighted by Crippen LogP contribution is 2.17. The van der Waals surface area contributed by atoms with E-state index in [2.05, 4.69) is 29.0 Å². The molecular formula is C8H10BrOSi. The number of benzene rings is 1. The quantitative estimate of drug-likeness (QED) is 0.709. The van der Waals surface area contributed by atoms with Crippen molar-refractivity contribution in [1.82, 2.24) is 0 Å². The lowest BCUT2D eigenvalue weighted by molar-refractivity contribution is 0.580. The van der Waals surface area contributed by atoms with Gasteiger partial charge in [0.15, 0.2) is 0 Å². The molecule has 0 unspecified atom stereocenters. The van der Waals surface area contributed by atoms with Gasteiger partial charge in [0.05, 0.1) is 0 Å². The van der Waals surface area contributed by atoms with Crippen LogP contribution < -0.4 is 4.43 Å². The van der Waals surface area contributed by atoms with Crippen LogP contribution in [0.25, 0.3) is 0 Å². The molecule has 3 heteroatoms. The fourth-order valence-corrected chi connectivity index (χ4v) is 1.74. The predicted octanol–water partition coefficient (Wildman–Crippen LogP) is 3.08. The molecule has 0 amide bonds. The van der Waals surface area contributed by atoms with Gasteiger partial charge in [-0.15, -0.1) is 0 Å². The maximum absolute atomic E-state index is 5.57. The Labute approximate surface area is 77.2 Å². The number of halogens is 1. The van der Waals surface area contributed by atoms with Crippen molar-refractivity contribution in [2.75, 3.05) is 0 Å². The van der Waals surface area contributed by atoms with E-state index in [9.17, 15) is 0 Å². The van der Waals surface area contributed by atoms with Gasteiger partial charge in [0.1, 0.15) is 5.75 Å². The first kappa shape index (κ1) is 8.81. The molecule has 59 valence electrons. The minimum Gasteiger partial charge on any atom is -0.543 e. The zero-order valence-corrected chi connectivity index (χ0v) is 9.18. The van der Waals surface area contributed by atoms with Crippen LogP contribution in [0.3, 0.4) is 0 Å². The Kier molecular flexibility index (Phi) is 3.14. The zero-order chi connectivity index (χ0) is 8.27. The molecule has 0 spiro atoms. The molecular weight excluding hydrogens is 220 g/mol. The van der Waals surface area contributed by atoms with Crippen LogP contribution in [-0.2, 0) is 0 Å². The molecule has 0 saturated carbocycles. The third-order valence-electron chi connectivity index (χ3n) is 1.12. The smallest absolute Gasteiger partial charge is 0.274 e. The van der Waals surface area contributed by atoms with Gasteiger partial charge in [-0.3, -0.25) is 0 Å². The van der Waals surface area contributed by atoms with Crippen LogP contribution in [0.4, 0.5) is 0 Å². The van der Waals surface area contributed by atoms with E-state index in [0.717, 1.165) is 10.2 Å². The third kappa shape index (κ3) is 3.08. The van der Waals surface area contributed by atoms with E-state index in [1.54, 1.807) is 0 Å². The Bertz CT molecular complexity index is 237. The van der Waals surface area contributed by atoms with Crippen molar-refractivity contribution in [3.05, 3.63) is 28.7 Å². The van der Waals surface area contributed by atoms with Crippen molar-refractivity contribution >= 4 is 25.0 Å². The summed E-state index contributed by atoms with van der Waals surface area (Å²) < 4.78 is 6.63. The van der Waals surface area contributed by atoms with Crippen LogP contribution >= 0.6 is 15.9 Å². The van der Waals surface area contributed by atoms with Gasteiger partial charge < -0.3 is 4.43 Å². The van der Waals surface area contributed by atoms with Gasteiger partial charge in [0.2, 0.25) is 0 Å². The third-order valence-corrected chi connectivity index (χ3v) is 2.26. The molecule has 1 radical (unpaired) electrons. The predicted molar refractivity (Wildman–Crippen MR) is 52.3 cm³/mol. The summed E-state index contributed by atoms with van der Waals surface area (Å²) in [7, 11) is -0.624. The van der Waals surface area contributed by atoms with E-state index in [1.807, 2.05) is 24.3 Å². The van der Waals surface area contributed by atoms with Gasteiger partial charge in [-0.25, -0.2) is 0 Å². The second-order valence-corrected chi connectivity index (χ2v) is 5.40. The van der Waals surface area contributed by atoms with Crippen molar-refractivity contribution in [2.45, 2.75) is 13.1 Å². The monoisotopic (exact) mass is 229 g/mol. The number of hydrogen-bond donors (Lipinski definition) is 0. The number of hydrogen-bond acceptors (Lipinski definition) is 1. The highest BCUT2D eigenvalue weighted by atomic mass is 79.9. The van der Waals surface area contributed by atoms with Gasteiger partial charge in [0, 0.05) is 4.47 Å². The van der Waals surface area contributed by atoms with Gasteiger partial charge in [-0.05, 0) is 31.3 Å². The number of rotatable bonds is 2. The Hall–Kier alpha value is -0.283. The van der Waals surface area contributed by atoms with Crippen LogP contribution in [0.5, 0.6) is 5.75 Å². The molecule has 0 aliphatic heterocycles. The van der Waals surface area contributed by atoms with E-state index < -0.39 is 9.04 Å². The average molecular weight is 230 g/mol. The molecule has 1 rings (SSSR count). The minimum absolute atomic E-state index is 0.624. The molecule has 0 heterocycles. The molecule has 0 saturated heterocycles. The van der Waals surface area contributed by atoms with Crippen molar-refractivity contribution in [2.24, 2.45) is 0 Å². The lowest BCUT2D eigenvalue weighted by Crippen LogP contribution is -2.10. The molecule has 1 aromatic rings. The molecule has 0 N–H and O–H groups in total. The van der Waals surface area contributed by atoms with Crippen molar-refractivity contribution < 1.29 is 4.43 Å². The topological polar surface area (TPSA) is 9.23 Å². The van der Waals surface area contributed by atoms with Crippen molar-refractivity contribution in [3.63, 3.8) is 0 Å². The molecule has 0 aliphatic carbocycles. The normalized spacial score (nSPS) is 10.2. The fraction of sp³-hybridized carbons (Fsp3) is 0.250. The van der Waals surface area contributed by atoms with Crippen LogP contribution in [0.1, 0.15) is 0 Å². The Balaban J connectivity index is 2.71. The van der Waals surface area contributed by atoms with Crippen LogP contribution in [-0.4, -0.2) is 9.04 Å². The van der Waals surface area contributed by atoms with E-state index in [4.69, 9.17) is 4.43 Å². The lowest BCUT2D eigenvalue weighted by Gasteiger charge is -2.07. The SMILES string of the molecule is C[Si](C)Oc1cccc(Br)c1. The van der Waals surface area contributed by atoms with Crippen LogP contribution in [0.2, 0.25) is 13.1 Å². The van der Waals surface area contributed by atoms with Crippen molar-refractivity contribution in [1.29, 1.82) is 0 Å². The minimum atomic E-state index is -0.624. The summed E-state index contributed by atoms with van der Waals surface area (Å²) in [6.07, 6.45) is 0. The molecule has 1 aromatic carbocycles. The van der Waals surface area contributed by atoms with Gasteiger partial charge in [-0.1, -0.05) is 22.0 Å². The molecule has 1 nitrogen and oxygen atoms in total. The summed E-state index contributed by atoms with van der Waals surface area (Å²) in [6, 6.07) is 7.93. The largest absolute Gasteiger partial charge is 0.543 e. The van der Waals surface area contributed by atoms with E-state index in [0.29, 0.717) is 0 Å². The first-order chi connectivity index (χ1) is 5.18. The Morgan fingerprint density at radius 1 is 1.36 bits per heavy atom. The second-order valence-electron chi connectivity index (χ2n) is 2.47. The van der Waals surface area contributed by atoms with Crippen molar-refractivity contribution in [3.8, 4) is 5.75 Å². The lowest BCUT2D eigenvalue weighted by atomic mass is 10.3. The molecule has 0 fully saturated rings. The van der Waals surface area contributed by atoms with E-state index in [1.165, 1.54) is 0 Å². The first-order valence-electron chi connectivity index (χ1n) is 3.42. The molecule has 0 bridgehead atoms. The summed E-state index contributed by atoms with van der Waals surface area (Å²) in [5.41, 5.74) is 0. The molecule has 11 heavy (non-hydrogen) atoms. The summed E-state index contributed by atoms with van der Waals surface area (Å²) >= 11 is 3.38. The Morgan fingerprint density at radius 2 is 2.09 bits per heavy atom. The van der Waals surface area contributed by atoms with Crippen LogP contribution in [0, 0.1) is 0 Å². The van der Waals surface area contributed by atoms with Gasteiger partial charge >= 0.3 is 0 Å². The second kappa shape index (κ2) is 3.92. The standard InChI is InChI=1S/C8H10BrOSi/c1-11(2)10-8-5-3-4-7(9)6-8/h3-6H,1-2H3. The van der Waals surface area contributed by atoms with Gasteiger partial charge in [0.25, 0.3) is 9.04 Å². The fourth-order valence-electron chi connectivity index (χ4n) is 0.766. The van der Waals surface area contributed by atoms with Gasteiger partial charge in [-0.2, -0.15) is 0 Å².